The summed E-state index contributed by atoms with van der Waals surface area (Å²) in [4.78, 5) is 4.47. The smallest absolute Gasteiger partial charge is 0.182 e. The lowest BCUT2D eigenvalue weighted by Crippen LogP contribution is -2.15. The van der Waals surface area contributed by atoms with E-state index in [-0.39, 0.29) is 6.04 Å². The van der Waals surface area contributed by atoms with Gasteiger partial charge in [-0.2, -0.15) is 5.26 Å². The molecule has 0 unspecified atom stereocenters. The number of methoxy groups -OCH3 is 1. The standard InChI is InChI=1S/C13H17N3O/c1-4-12(16-10(2)15-9-14)11-7-5-6-8-13(11)17-3/h5-8,12H,4H2,1-3H3,(H,15,16)/t12-/m1/s1. The average Bonchev–Trinajstić information content (AvgIpc) is 2.36. The third-order valence-electron chi connectivity index (χ3n) is 2.47. The molecule has 0 saturated carbocycles. The summed E-state index contributed by atoms with van der Waals surface area (Å²) < 4.78 is 5.31. The van der Waals surface area contributed by atoms with Crippen molar-refractivity contribution in [3.63, 3.8) is 0 Å². The molecule has 0 aliphatic carbocycles. The van der Waals surface area contributed by atoms with E-state index in [1.54, 1.807) is 14.0 Å². The van der Waals surface area contributed by atoms with Gasteiger partial charge in [-0.25, -0.2) is 0 Å². The van der Waals surface area contributed by atoms with E-state index in [2.05, 4.69) is 17.2 Å². The van der Waals surface area contributed by atoms with Crippen molar-refractivity contribution in [2.45, 2.75) is 26.3 Å². The molecular formula is C13H17N3O. The van der Waals surface area contributed by atoms with Crippen LogP contribution in [0.15, 0.2) is 29.3 Å². The van der Waals surface area contributed by atoms with Gasteiger partial charge in [-0.3, -0.25) is 10.3 Å². The minimum Gasteiger partial charge on any atom is -0.496 e. The fraction of sp³-hybridized carbons (Fsp3) is 0.385. The summed E-state index contributed by atoms with van der Waals surface area (Å²) in [5.41, 5.74) is 1.04. The molecule has 0 aromatic heterocycles. The number of benzene rings is 1. The van der Waals surface area contributed by atoms with Gasteiger partial charge in [-0.15, -0.1) is 0 Å². The third kappa shape index (κ3) is 3.49. The maximum atomic E-state index is 8.53. The van der Waals surface area contributed by atoms with Gasteiger partial charge in [-0.05, 0) is 19.4 Å². The van der Waals surface area contributed by atoms with E-state index < -0.39 is 0 Å². The predicted octanol–water partition coefficient (Wildman–Crippen LogP) is 2.64. The molecule has 1 aromatic carbocycles. The molecule has 0 bridgehead atoms. The van der Waals surface area contributed by atoms with Crippen molar-refractivity contribution in [3.8, 4) is 11.9 Å². The number of amidine groups is 1. The molecule has 17 heavy (non-hydrogen) atoms. The van der Waals surface area contributed by atoms with Crippen LogP contribution in [0, 0.1) is 11.5 Å². The SMILES string of the molecule is CC[C@@H](N=C(C)NC#N)c1ccccc1OC. The summed E-state index contributed by atoms with van der Waals surface area (Å²) >= 11 is 0. The van der Waals surface area contributed by atoms with Crippen molar-refractivity contribution in [3.05, 3.63) is 29.8 Å². The number of nitriles is 1. The minimum atomic E-state index is 0.00648. The van der Waals surface area contributed by atoms with Gasteiger partial charge in [0.25, 0.3) is 0 Å². The maximum Gasteiger partial charge on any atom is 0.182 e. The fourth-order valence-corrected chi connectivity index (χ4v) is 1.67. The highest BCUT2D eigenvalue weighted by atomic mass is 16.5. The topological polar surface area (TPSA) is 57.4 Å². The van der Waals surface area contributed by atoms with Crippen molar-refractivity contribution in [2.75, 3.05) is 7.11 Å². The zero-order valence-corrected chi connectivity index (χ0v) is 10.4. The van der Waals surface area contributed by atoms with Crippen molar-refractivity contribution < 1.29 is 4.74 Å². The molecule has 1 N–H and O–H groups in total. The summed E-state index contributed by atoms with van der Waals surface area (Å²) in [6, 6.07) is 7.81. The van der Waals surface area contributed by atoms with Crippen molar-refractivity contribution in [2.24, 2.45) is 4.99 Å². The predicted molar refractivity (Wildman–Crippen MR) is 67.9 cm³/mol. The first kappa shape index (κ1) is 13.0. The lowest BCUT2D eigenvalue weighted by Gasteiger charge is -2.15. The Hall–Kier alpha value is -2.02. The second kappa shape index (κ2) is 6.54. The maximum absolute atomic E-state index is 8.53. The molecule has 0 heterocycles. The van der Waals surface area contributed by atoms with Gasteiger partial charge in [0.15, 0.2) is 6.19 Å². The van der Waals surface area contributed by atoms with Gasteiger partial charge in [-0.1, -0.05) is 25.1 Å². The number of ether oxygens (including phenoxy) is 1. The number of hydrogen-bond acceptors (Lipinski definition) is 3. The molecule has 1 atom stereocenters. The van der Waals surface area contributed by atoms with Gasteiger partial charge < -0.3 is 4.74 Å². The Balaban J connectivity index is 3.02. The lowest BCUT2D eigenvalue weighted by atomic mass is 10.0. The monoisotopic (exact) mass is 231 g/mol. The Labute approximate surface area is 102 Å². The third-order valence-corrected chi connectivity index (χ3v) is 2.47. The van der Waals surface area contributed by atoms with Crippen molar-refractivity contribution >= 4 is 5.84 Å². The van der Waals surface area contributed by atoms with Crippen molar-refractivity contribution in [1.82, 2.24) is 5.32 Å². The molecule has 0 amide bonds. The molecule has 0 fully saturated rings. The van der Waals surface area contributed by atoms with Crippen LogP contribution in [0.5, 0.6) is 5.75 Å². The molecule has 0 aliphatic heterocycles. The molecular weight excluding hydrogens is 214 g/mol. The Morgan fingerprint density at radius 2 is 2.24 bits per heavy atom. The van der Waals surface area contributed by atoms with E-state index in [1.807, 2.05) is 30.5 Å². The molecule has 0 saturated heterocycles. The fourth-order valence-electron chi connectivity index (χ4n) is 1.67. The van der Waals surface area contributed by atoms with Crippen LogP contribution < -0.4 is 10.1 Å². The minimum absolute atomic E-state index is 0.00648. The quantitative estimate of drug-likeness (QED) is 0.375. The Kier molecular flexibility index (Phi) is 5.02. The molecule has 0 spiro atoms. The summed E-state index contributed by atoms with van der Waals surface area (Å²) in [5.74, 6) is 1.44. The molecule has 4 heteroatoms. The normalized spacial score (nSPS) is 12.7. The van der Waals surface area contributed by atoms with E-state index in [9.17, 15) is 0 Å². The van der Waals surface area contributed by atoms with Crippen LogP contribution in [-0.2, 0) is 0 Å². The zero-order chi connectivity index (χ0) is 12.7. The van der Waals surface area contributed by atoms with Crippen LogP contribution in [0.4, 0.5) is 0 Å². The van der Waals surface area contributed by atoms with Crippen LogP contribution in [0.25, 0.3) is 0 Å². The number of para-hydroxylation sites is 1. The highest BCUT2D eigenvalue weighted by molar-refractivity contribution is 5.81. The Morgan fingerprint density at radius 3 is 2.82 bits per heavy atom. The van der Waals surface area contributed by atoms with Gasteiger partial charge in [0.2, 0.25) is 0 Å². The number of hydrogen-bond donors (Lipinski definition) is 1. The molecule has 4 nitrogen and oxygen atoms in total. The summed E-state index contributed by atoms with van der Waals surface area (Å²) in [7, 11) is 1.65. The number of aliphatic imine (C=N–C) groups is 1. The van der Waals surface area contributed by atoms with Gasteiger partial charge >= 0.3 is 0 Å². The number of nitrogens with zero attached hydrogens (tertiary/aromatic N) is 2. The largest absolute Gasteiger partial charge is 0.496 e. The van der Waals surface area contributed by atoms with Crippen LogP contribution in [0.3, 0.4) is 0 Å². The molecule has 90 valence electrons. The number of nitrogens with one attached hydrogen (secondary N) is 1. The van der Waals surface area contributed by atoms with Gasteiger partial charge in [0.1, 0.15) is 11.6 Å². The van der Waals surface area contributed by atoms with E-state index in [0.29, 0.717) is 5.84 Å². The molecule has 1 rings (SSSR count). The first-order valence-electron chi connectivity index (χ1n) is 5.55. The van der Waals surface area contributed by atoms with E-state index in [4.69, 9.17) is 10.00 Å². The molecule has 0 aliphatic rings. The zero-order valence-electron chi connectivity index (χ0n) is 10.4. The first-order chi connectivity index (χ1) is 8.22. The van der Waals surface area contributed by atoms with Crippen LogP contribution in [-0.4, -0.2) is 12.9 Å². The van der Waals surface area contributed by atoms with Crippen molar-refractivity contribution in [1.29, 1.82) is 5.26 Å². The second-order valence-corrected chi connectivity index (χ2v) is 3.62. The average molecular weight is 231 g/mol. The summed E-state index contributed by atoms with van der Waals surface area (Å²) in [6.45, 7) is 3.83. The van der Waals surface area contributed by atoms with Crippen LogP contribution in [0.1, 0.15) is 31.9 Å². The van der Waals surface area contributed by atoms with E-state index in [1.165, 1.54) is 0 Å². The summed E-state index contributed by atoms with van der Waals surface area (Å²) in [5, 5.41) is 11.1. The Morgan fingerprint density at radius 1 is 1.53 bits per heavy atom. The first-order valence-corrected chi connectivity index (χ1v) is 5.55. The highest BCUT2D eigenvalue weighted by Gasteiger charge is 2.12. The highest BCUT2D eigenvalue weighted by Crippen LogP contribution is 2.29. The number of rotatable bonds is 4. The van der Waals surface area contributed by atoms with Gasteiger partial charge in [0, 0.05) is 5.56 Å². The van der Waals surface area contributed by atoms with E-state index in [0.717, 1.165) is 17.7 Å². The second-order valence-electron chi connectivity index (χ2n) is 3.62. The summed E-state index contributed by atoms with van der Waals surface area (Å²) in [6.07, 6.45) is 2.72. The molecule has 1 aromatic rings. The lowest BCUT2D eigenvalue weighted by molar-refractivity contribution is 0.405. The van der Waals surface area contributed by atoms with Gasteiger partial charge in [0.05, 0.1) is 13.2 Å². The van der Waals surface area contributed by atoms with Crippen LogP contribution in [0.2, 0.25) is 0 Å². The van der Waals surface area contributed by atoms with E-state index >= 15 is 0 Å². The molecule has 0 radical (unpaired) electrons. The Bertz CT molecular complexity index is 435. The van der Waals surface area contributed by atoms with Crippen LogP contribution >= 0.6 is 0 Å².